The summed E-state index contributed by atoms with van der Waals surface area (Å²) in [6.07, 6.45) is 0. The molecule has 0 amide bonds. The van der Waals surface area contributed by atoms with Crippen LogP contribution in [0, 0.1) is 19.7 Å². The summed E-state index contributed by atoms with van der Waals surface area (Å²) in [6.45, 7) is 7.49. The van der Waals surface area contributed by atoms with Crippen molar-refractivity contribution in [3.05, 3.63) is 27.7 Å². The molecule has 0 aliphatic rings. The fourth-order valence-corrected chi connectivity index (χ4v) is 1.13. The minimum atomic E-state index is -0.209. The minimum Gasteiger partial charge on any atom is -0.246 e. The molecule has 1 nitrogen and oxygen atoms in total. The smallest absolute Gasteiger partial charge is 0.130 e. The molecule has 0 aliphatic heterocycles. The quantitative estimate of drug-likeness (QED) is 0.624. The Morgan fingerprint density at radius 3 is 2.25 bits per heavy atom. The van der Waals surface area contributed by atoms with Gasteiger partial charge in [0.1, 0.15) is 10.4 Å². The molecule has 68 valence electrons. The van der Waals surface area contributed by atoms with Crippen LogP contribution in [0.1, 0.15) is 25.1 Å². The maximum Gasteiger partial charge on any atom is 0.130 e. The van der Waals surface area contributed by atoms with E-state index in [9.17, 15) is 4.39 Å². The number of halogens is 2. The number of rotatable bonds is 0. The van der Waals surface area contributed by atoms with Crippen LogP contribution in [0.25, 0.3) is 0 Å². The molecule has 0 aromatic carbocycles. The standard InChI is InChI=1S/C7H7BrFN.C2H6/c1-4-5(2)10-7(8)3-6(4)9;1-2/h3H,1-2H3;1-2H3. The van der Waals surface area contributed by atoms with E-state index in [0.29, 0.717) is 10.2 Å². The second-order valence-corrected chi connectivity index (χ2v) is 2.95. The van der Waals surface area contributed by atoms with Gasteiger partial charge in [0.25, 0.3) is 0 Å². The zero-order valence-corrected chi connectivity index (χ0v) is 9.37. The predicted molar refractivity (Wildman–Crippen MR) is 52.7 cm³/mol. The first-order valence-electron chi connectivity index (χ1n) is 3.90. The van der Waals surface area contributed by atoms with Crippen LogP contribution < -0.4 is 0 Å². The lowest BCUT2D eigenvalue weighted by Crippen LogP contribution is -1.91. The Morgan fingerprint density at radius 2 is 1.83 bits per heavy atom. The fraction of sp³-hybridized carbons (Fsp3) is 0.444. The summed E-state index contributed by atoms with van der Waals surface area (Å²) in [7, 11) is 0. The molecule has 0 saturated carbocycles. The van der Waals surface area contributed by atoms with Gasteiger partial charge < -0.3 is 0 Å². The Kier molecular flexibility index (Phi) is 5.06. The number of hydrogen-bond acceptors (Lipinski definition) is 1. The minimum absolute atomic E-state index is 0.209. The number of nitrogens with zero attached hydrogens (tertiary/aromatic N) is 1. The average molecular weight is 234 g/mol. The fourth-order valence-electron chi connectivity index (χ4n) is 0.662. The van der Waals surface area contributed by atoms with Gasteiger partial charge in [0.2, 0.25) is 0 Å². The van der Waals surface area contributed by atoms with Crippen LogP contribution in [0.15, 0.2) is 10.7 Å². The summed E-state index contributed by atoms with van der Waals surface area (Å²) in [5, 5.41) is 0. The van der Waals surface area contributed by atoms with Crippen molar-refractivity contribution in [3.8, 4) is 0 Å². The molecule has 1 rings (SSSR count). The lowest BCUT2D eigenvalue weighted by molar-refractivity contribution is 0.612. The molecular formula is C9H13BrFN. The van der Waals surface area contributed by atoms with Crippen molar-refractivity contribution in [1.29, 1.82) is 0 Å². The van der Waals surface area contributed by atoms with Crippen LogP contribution in [-0.2, 0) is 0 Å². The molecule has 1 aromatic rings. The SMILES string of the molecule is CC.Cc1nc(Br)cc(F)c1C. The normalized spacial score (nSPS) is 8.83. The van der Waals surface area contributed by atoms with Gasteiger partial charge in [0.15, 0.2) is 0 Å². The second-order valence-electron chi connectivity index (χ2n) is 2.14. The van der Waals surface area contributed by atoms with Gasteiger partial charge in [-0.05, 0) is 29.8 Å². The monoisotopic (exact) mass is 233 g/mol. The number of aromatic nitrogens is 1. The molecular weight excluding hydrogens is 221 g/mol. The highest BCUT2D eigenvalue weighted by atomic mass is 79.9. The summed E-state index contributed by atoms with van der Waals surface area (Å²) in [4.78, 5) is 4.01. The lowest BCUT2D eigenvalue weighted by Gasteiger charge is -1.99. The van der Waals surface area contributed by atoms with Crippen LogP contribution in [-0.4, -0.2) is 4.98 Å². The highest BCUT2D eigenvalue weighted by Crippen LogP contribution is 2.14. The van der Waals surface area contributed by atoms with E-state index in [1.807, 2.05) is 13.8 Å². The largest absolute Gasteiger partial charge is 0.246 e. The van der Waals surface area contributed by atoms with Crippen molar-refractivity contribution < 1.29 is 4.39 Å². The van der Waals surface area contributed by atoms with Crippen LogP contribution >= 0.6 is 15.9 Å². The molecule has 0 aliphatic carbocycles. The molecule has 3 heteroatoms. The molecule has 12 heavy (non-hydrogen) atoms. The molecule has 0 unspecified atom stereocenters. The van der Waals surface area contributed by atoms with Gasteiger partial charge in [-0.1, -0.05) is 13.8 Å². The van der Waals surface area contributed by atoms with Crippen molar-refractivity contribution in [2.75, 3.05) is 0 Å². The van der Waals surface area contributed by atoms with E-state index >= 15 is 0 Å². The second kappa shape index (κ2) is 5.25. The Labute approximate surface area is 81.1 Å². The number of hydrogen-bond donors (Lipinski definition) is 0. The van der Waals surface area contributed by atoms with Gasteiger partial charge >= 0.3 is 0 Å². The first-order valence-corrected chi connectivity index (χ1v) is 4.70. The van der Waals surface area contributed by atoms with Gasteiger partial charge in [-0.15, -0.1) is 0 Å². The summed E-state index contributed by atoms with van der Waals surface area (Å²) in [5.74, 6) is -0.209. The molecule has 0 N–H and O–H groups in total. The van der Waals surface area contributed by atoms with E-state index in [1.54, 1.807) is 13.8 Å². The van der Waals surface area contributed by atoms with Gasteiger partial charge in [0.05, 0.1) is 0 Å². The molecule has 1 heterocycles. The van der Waals surface area contributed by atoms with Crippen LogP contribution in [0.5, 0.6) is 0 Å². The van der Waals surface area contributed by atoms with Gasteiger partial charge in [-0.3, -0.25) is 0 Å². The summed E-state index contributed by atoms with van der Waals surface area (Å²) < 4.78 is 13.3. The average Bonchev–Trinajstić information content (AvgIpc) is 2.04. The predicted octanol–water partition coefficient (Wildman–Crippen LogP) is 3.63. The Balaban J connectivity index is 0.000000561. The van der Waals surface area contributed by atoms with Gasteiger partial charge in [0, 0.05) is 17.3 Å². The molecule has 0 atom stereocenters. The maximum atomic E-state index is 12.8. The third-order valence-electron chi connectivity index (χ3n) is 1.42. The van der Waals surface area contributed by atoms with Crippen molar-refractivity contribution in [1.82, 2.24) is 4.98 Å². The van der Waals surface area contributed by atoms with Crippen molar-refractivity contribution in [2.24, 2.45) is 0 Å². The van der Waals surface area contributed by atoms with Crippen molar-refractivity contribution in [3.63, 3.8) is 0 Å². The first-order chi connectivity index (χ1) is 5.61. The molecule has 1 aromatic heterocycles. The van der Waals surface area contributed by atoms with Crippen LogP contribution in [0.4, 0.5) is 4.39 Å². The zero-order valence-electron chi connectivity index (χ0n) is 7.78. The Hall–Kier alpha value is -0.440. The van der Waals surface area contributed by atoms with E-state index in [1.165, 1.54) is 6.07 Å². The van der Waals surface area contributed by atoms with Gasteiger partial charge in [-0.25, -0.2) is 9.37 Å². The van der Waals surface area contributed by atoms with E-state index < -0.39 is 0 Å². The van der Waals surface area contributed by atoms with Crippen LogP contribution in [0.2, 0.25) is 0 Å². The van der Waals surface area contributed by atoms with Crippen molar-refractivity contribution in [2.45, 2.75) is 27.7 Å². The highest BCUT2D eigenvalue weighted by molar-refractivity contribution is 9.10. The molecule has 0 bridgehead atoms. The molecule has 0 saturated heterocycles. The molecule has 0 fully saturated rings. The van der Waals surface area contributed by atoms with Gasteiger partial charge in [-0.2, -0.15) is 0 Å². The molecule has 0 radical (unpaired) electrons. The van der Waals surface area contributed by atoms with E-state index in [4.69, 9.17) is 0 Å². The Bertz CT molecular complexity index is 238. The number of aryl methyl sites for hydroxylation is 1. The van der Waals surface area contributed by atoms with Crippen molar-refractivity contribution >= 4 is 15.9 Å². The van der Waals surface area contributed by atoms with E-state index in [0.717, 1.165) is 5.69 Å². The van der Waals surface area contributed by atoms with E-state index in [2.05, 4.69) is 20.9 Å². The first kappa shape index (κ1) is 11.6. The van der Waals surface area contributed by atoms with E-state index in [-0.39, 0.29) is 5.82 Å². The third kappa shape index (κ3) is 2.89. The topological polar surface area (TPSA) is 12.9 Å². The van der Waals surface area contributed by atoms with Crippen LogP contribution in [0.3, 0.4) is 0 Å². The third-order valence-corrected chi connectivity index (χ3v) is 1.83. The Morgan fingerprint density at radius 1 is 1.33 bits per heavy atom. The zero-order chi connectivity index (χ0) is 9.72. The maximum absolute atomic E-state index is 12.8. The summed E-state index contributed by atoms with van der Waals surface area (Å²) >= 11 is 3.10. The highest BCUT2D eigenvalue weighted by Gasteiger charge is 2.02. The molecule has 0 spiro atoms. The summed E-state index contributed by atoms with van der Waals surface area (Å²) in [6, 6.07) is 1.36. The summed E-state index contributed by atoms with van der Waals surface area (Å²) in [5.41, 5.74) is 1.34. The lowest BCUT2D eigenvalue weighted by atomic mass is 10.2. The number of pyridine rings is 1.